The van der Waals surface area contributed by atoms with E-state index < -0.39 is 0 Å². The number of hydrogen-bond acceptors (Lipinski definition) is 3. The van der Waals surface area contributed by atoms with Crippen LogP contribution in [0.3, 0.4) is 0 Å². The molecule has 142 valence electrons. The van der Waals surface area contributed by atoms with Crippen LogP contribution in [-0.2, 0) is 26.6 Å². The van der Waals surface area contributed by atoms with Gasteiger partial charge in [0.25, 0.3) is 0 Å². The van der Waals surface area contributed by atoms with Crippen LogP contribution in [0.25, 0.3) is 11.3 Å². The molecule has 4 rings (SSSR count). The van der Waals surface area contributed by atoms with Crippen molar-refractivity contribution in [3.05, 3.63) is 91.2 Å². The van der Waals surface area contributed by atoms with Crippen molar-refractivity contribution >= 4 is 5.69 Å². The molecule has 0 atom stereocenters. The first-order chi connectivity index (χ1) is 12.6. The average molecular weight is 536 g/mol. The van der Waals surface area contributed by atoms with Crippen molar-refractivity contribution in [3.8, 4) is 11.3 Å². The standard InChI is InChI=1S/C23H22N3.Pt/c1-23(2,26-17-16-25(18-26)20-12-7-4-8-13-20)22-15-9-14-21(24-22)19-10-5-3-6-11-19;/h3-10,12,14-15,18H,16-17H2,1-2H3;/q-3;. The van der Waals surface area contributed by atoms with E-state index in [0.29, 0.717) is 0 Å². The van der Waals surface area contributed by atoms with Gasteiger partial charge >= 0.3 is 0 Å². The van der Waals surface area contributed by atoms with Gasteiger partial charge in [-0.1, -0.05) is 12.1 Å². The number of hydrogen-bond donors (Lipinski definition) is 0. The van der Waals surface area contributed by atoms with Crippen LogP contribution in [0, 0.1) is 18.8 Å². The smallest absolute Gasteiger partial charge is 0.0470 e. The molecule has 0 N–H and O–H groups in total. The third-order valence-corrected chi connectivity index (χ3v) is 4.94. The van der Waals surface area contributed by atoms with Gasteiger partial charge in [0.1, 0.15) is 0 Å². The maximum atomic E-state index is 4.94. The molecular formula is C23H22N3Pt-3. The monoisotopic (exact) mass is 535 g/mol. The first kappa shape index (κ1) is 19.8. The van der Waals surface area contributed by atoms with E-state index in [1.54, 1.807) is 0 Å². The number of anilines is 1. The van der Waals surface area contributed by atoms with Crippen LogP contribution in [-0.4, -0.2) is 23.0 Å². The van der Waals surface area contributed by atoms with E-state index in [2.05, 4.69) is 66.7 Å². The summed E-state index contributed by atoms with van der Waals surface area (Å²) in [5.41, 5.74) is 3.95. The summed E-state index contributed by atoms with van der Waals surface area (Å²) >= 11 is 0. The van der Waals surface area contributed by atoms with E-state index in [-0.39, 0.29) is 26.6 Å². The number of para-hydroxylation sites is 1. The minimum Gasteiger partial charge on any atom is -0.528 e. The van der Waals surface area contributed by atoms with Gasteiger partial charge in [-0.2, -0.15) is 37.0 Å². The van der Waals surface area contributed by atoms with Crippen LogP contribution >= 0.6 is 0 Å². The first-order valence-corrected chi connectivity index (χ1v) is 8.94. The molecule has 1 aliphatic rings. The quantitative estimate of drug-likeness (QED) is 0.458. The van der Waals surface area contributed by atoms with Crippen LogP contribution in [0.1, 0.15) is 19.5 Å². The van der Waals surface area contributed by atoms with Crippen molar-refractivity contribution in [2.75, 3.05) is 18.0 Å². The molecule has 0 radical (unpaired) electrons. The molecule has 3 aromatic rings. The molecule has 0 amide bonds. The fourth-order valence-electron chi connectivity index (χ4n) is 3.29. The molecule has 1 saturated heterocycles. The van der Waals surface area contributed by atoms with Gasteiger partial charge in [0, 0.05) is 32.3 Å². The van der Waals surface area contributed by atoms with E-state index in [1.807, 2.05) is 42.5 Å². The topological polar surface area (TPSA) is 19.4 Å². The number of pyridine rings is 1. The molecule has 1 fully saturated rings. The fraction of sp³-hybridized carbons (Fsp3) is 0.217. The van der Waals surface area contributed by atoms with E-state index in [1.165, 1.54) is 0 Å². The average Bonchev–Trinajstić information content (AvgIpc) is 3.21. The van der Waals surface area contributed by atoms with E-state index >= 15 is 0 Å². The summed E-state index contributed by atoms with van der Waals surface area (Å²) in [6, 6.07) is 28.9. The number of nitrogens with zero attached hydrogens (tertiary/aromatic N) is 3. The molecule has 0 spiro atoms. The van der Waals surface area contributed by atoms with E-state index in [9.17, 15) is 0 Å². The summed E-state index contributed by atoms with van der Waals surface area (Å²) < 4.78 is 0. The van der Waals surface area contributed by atoms with Crippen molar-refractivity contribution in [1.82, 2.24) is 9.88 Å². The Hall–Kier alpha value is -1.96. The molecule has 4 heteroatoms. The molecule has 1 aliphatic heterocycles. The van der Waals surface area contributed by atoms with Gasteiger partial charge in [-0.3, -0.25) is 4.98 Å². The van der Waals surface area contributed by atoms with Crippen molar-refractivity contribution in [2.45, 2.75) is 19.4 Å². The maximum Gasteiger partial charge on any atom is 0.0470 e. The summed E-state index contributed by atoms with van der Waals surface area (Å²) in [4.78, 5) is 9.54. The van der Waals surface area contributed by atoms with E-state index in [4.69, 9.17) is 4.98 Å². The molecule has 0 saturated carbocycles. The second-order valence-electron chi connectivity index (χ2n) is 6.99. The molecule has 0 bridgehead atoms. The zero-order valence-corrected chi connectivity index (χ0v) is 17.8. The van der Waals surface area contributed by atoms with Crippen molar-refractivity contribution in [3.63, 3.8) is 0 Å². The van der Waals surface area contributed by atoms with Gasteiger partial charge in [-0.15, -0.1) is 41.6 Å². The Balaban J connectivity index is 0.00000210. The minimum absolute atomic E-state index is 0. The molecular weight excluding hydrogens is 513 g/mol. The number of rotatable bonds is 4. The fourth-order valence-corrected chi connectivity index (χ4v) is 3.29. The van der Waals surface area contributed by atoms with Crippen molar-refractivity contribution < 1.29 is 21.1 Å². The second-order valence-corrected chi connectivity index (χ2v) is 6.99. The Morgan fingerprint density at radius 2 is 1.70 bits per heavy atom. The first-order valence-electron chi connectivity index (χ1n) is 8.94. The van der Waals surface area contributed by atoms with Crippen molar-refractivity contribution in [2.24, 2.45) is 0 Å². The number of benzene rings is 2. The normalized spacial score (nSPS) is 14.8. The Labute approximate surface area is 176 Å². The van der Waals surface area contributed by atoms with Crippen LogP contribution in [0.15, 0.2) is 66.7 Å². The van der Waals surface area contributed by atoms with E-state index in [0.717, 1.165) is 35.7 Å². The SMILES string of the molecule is CC(C)(c1cccc(-c2[c-]cccc2)n1)N1[CH-]N(c2[c-]cccc2)CC1.[Pt]. The molecule has 0 unspecified atom stereocenters. The molecule has 27 heavy (non-hydrogen) atoms. The van der Waals surface area contributed by atoms with Gasteiger partial charge in [0.05, 0.1) is 0 Å². The molecule has 1 aromatic heterocycles. The zero-order valence-electron chi connectivity index (χ0n) is 15.5. The van der Waals surface area contributed by atoms with Crippen molar-refractivity contribution in [1.29, 1.82) is 0 Å². The van der Waals surface area contributed by atoms with Gasteiger partial charge in [-0.25, -0.2) is 0 Å². The number of aromatic nitrogens is 1. The second kappa shape index (κ2) is 8.37. The summed E-state index contributed by atoms with van der Waals surface area (Å²) in [6.07, 6.45) is 0. The van der Waals surface area contributed by atoms with Gasteiger partial charge in [-0.05, 0) is 38.7 Å². The minimum atomic E-state index is -0.200. The molecule has 2 heterocycles. The third kappa shape index (κ3) is 4.15. The summed E-state index contributed by atoms with van der Waals surface area (Å²) in [6.45, 7) is 8.55. The summed E-state index contributed by atoms with van der Waals surface area (Å²) in [5.74, 6) is 0. The molecule has 2 aromatic carbocycles. The van der Waals surface area contributed by atoms with Crippen LogP contribution < -0.4 is 4.90 Å². The largest absolute Gasteiger partial charge is 0.528 e. The van der Waals surface area contributed by atoms with Crippen LogP contribution in [0.5, 0.6) is 0 Å². The predicted molar refractivity (Wildman–Crippen MR) is 105 cm³/mol. The Bertz CT molecular complexity index is 865. The zero-order chi connectivity index (χ0) is 18.0. The summed E-state index contributed by atoms with van der Waals surface area (Å²) in [7, 11) is 0. The van der Waals surface area contributed by atoms with Gasteiger partial charge in [0.2, 0.25) is 0 Å². The Morgan fingerprint density at radius 1 is 0.926 bits per heavy atom. The molecule has 3 nitrogen and oxygen atoms in total. The Kier molecular flexibility index (Phi) is 6.14. The summed E-state index contributed by atoms with van der Waals surface area (Å²) in [5, 5.41) is 0. The van der Waals surface area contributed by atoms with Gasteiger partial charge in [0.15, 0.2) is 0 Å². The van der Waals surface area contributed by atoms with Crippen LogP contribution in [0.4, 0.5) is 5.69 Å². The van der Waals surface area contributed by atoms with Crippen LogP contribution in [0.2, 0.25) is 0 Å². The predicted octanol–water partition coefficient (Wildman–Crippen LogP) is 4.52. The third-order valence-electron chi connectivity index (χ3n) is 4.94. The maximum absolute atomic E-state index is 4.94. The Morgan fingerprint density at radius 3 is 2.41 bits per heavy atom. The van der Waals surface area contributed by atoms with Gasteiger partial charge < -0.3 is 9.80 Å². The molecule has 0 aliphatic carbocycles.